The van der Waals surface area contributed by atoms with Crippen molar-refractivity contribution in [3.05, 3.63) is 111 Å². The van der Waals surface area contributed by atoms with Crippen LogP contribution in [0.25, 0.3) is 0 Å². The zero-order valence-electron chi connectivity index (χ0n) is 33.4. The normalized spacial score (nSPS) is 13.6. The van der Waals surface area contributed by atoms with Gasteiger partial charge in [-0.15, -0.1) is 0 Å². The molecule has 0 amide bonds. The zero-order valence-corrected chi connectivity index (χ0v) is 38.2. The van der Waals surface area contributed by atoms with Gasteiger partial charge in [-0.2, -0.15) is 5.20 Å². The average Bonchev–Trinajstić information content (AvgIpc) is 3.51. The van der Waals surface area contributed by atoms with Gasteiger partial charge in [0.25, 0.3) is 0 Å². The van der Waals surface area contributed by atoms with Crippen molar-refractivity contribution >= 4 is 23.6 Å². The van der Waals surface area contributed by atoms with E-state index in [0.717, 1.165) is 12.8 Å². The van der Waals surface area contributed by atoms with Crippen LogP contribution in [0.2, 0.25) is 0 Å². The largest absolute Gasteiger partial charge is 4.00 e. The standard InChI is InChI=1S/C45H63Si.3ClH.Ti/c1-15-34(14)35-16-17-42(21-35)46(43-22-36(28(2)3)18-37(23-43)29(4)5,44-24-38(30(6)7)19-39(25-44)31(8)9)45-26-40(32(10)11)20-41(27-45)33(12)13;;;;/h16,18-20,22-34H,15,17H2,1-14H3;3*1H;/q-1;;;;+4/p-3. The van der Waals surface area contributed by atoms with Crippen LogP contribution in [0.4, 0.5) is 0 Å². The summed E-state index contributed by atoms with van der Waals surface area (Å²) in [4.78, 5) is 0. The van der Waals surface area contributed by atoms with Crippen molar-refractivity contribution < 1.29 is 58.9 Å². The molecule has 1 aliphatic rings. The smallest absolute Gasteiger partial charge is 1.00 e. The number of benzene rings is 3. The summed E-state index contributed by atoms with van der Waals surface area (Å²) in [5, 5.41) is 6.14. The molecule has 1 atom stereocenters. The molecule has 4 rings (SSSR count). The second kappa shape index (κ2) is 20.4. The van der Waals surface area contributed by atoms with Crippen LogP contribution in [-0.4, -0.2) is 8.07 Å². The summed E-state index contributed by atoms with van der Waals surface area (Å²) in [6.45, 7) is 33.1. The molecule has 3 aromatic carbocycles. The van der Waals surface area contributed by atoms with E-state index in [2.05, 4.69) is 164 Å². The van der Waals surface area contributed by atoms with Crippen molar-refractivity contribution in [1.82, 2.24) is 0 Å². The van der Waals surface area contributed by atoms with Gasteiger partial charge in [0, 0.05) is 0 Å². The molecule has 0 radical (unpaired) electrons. The maximum absolute atomic E-state index is 4.21. The number of halogens is 3. The molecule has 0 spiro atoms. The molecule has 0 saturated heterocycles. The first-order chi connectivity index (χ1) is 21.6. The number of hydrogen-bond acceptors (Lipinski definition) is 0. The van der Waals surface area contributed by atoms with E-state index in [1.54, 1.807) is 0 Å². The van der Waals surface area contributed by atoms with E-state index in [0.29, 0.717) is 41.4 Å². The Hall–Kier alpha value is -1.06. The molecule has 5 heteroatoms. The fourth-order valence-corrected chi connectivity index (χ4v) is 12.1. The first-order valence-electron chi connectivity index (χ1n) is 18.4. The third kappa shape index (κ3) is 10.3. The Labute approximate surface area is 342 Å². The van der Waals surface area contributed by atoms with Crippen LogP contribution < -0.4 is 52.8 Å². The minimum absolute atomic E-state index is 0. The van der Waals surface area contributed by atoms with E-state index in [1.807, 2.05) is 0 Å². The van der Waals surface area contributed by atoms with Gasteiger partial charge < -0.3 is 37.2 Å². The first kappa shape index (κ1) is 48.9. The van der Waals surface area contributed by atoms with Crippen molar-refractivity contribution in [2.24, 2.45) is 5.92 Å². The van der Waals surface area contributed by atoms with Crippen LogP contribution in [-0.2, 0) is 21.7 Å². The molecule has 0 aromatic heterocycles. The number of allylic oxidation sites excluding steroid dienone is 4. The van der Waals surface area contributed by atoms with Crippen LogP contribution in [0.1, 0.15) is 179 Å². The molecular weight excluding hydrogens is 723 g/mol. The van der Waals surface area contributed by atoms with Gasteiger partial charge in [-0.05, 0) is 84.4 Å². The fraction of sp³-hybridized carbons (Fsp3) is 0.511. The molecule has 0 fully saturated rings. The Bertz CT molecular complexity index is 1360. The van der Waals surface area contributed by atoms with Gasteiger partial charge in [0.2, 0.25) is 0 Å². The number of rotatable bonds is 12. The fourth-order valence-electron chi connectivity index (χ4n) is 6.98. The minimum Gasteiger partial charge on any atom is -1.00 e. The molecule has 1 unspecified atom stereocenters. The van der Waals surface area contributed by atoms with Crippen molar-refractivity contribution in [3.8, 4) is 0 Å². The maximum atomic E-state index is 4.21. The van der Waals surface area contributed by atoms with Crippen LogP contribution >= 0.6 is 0 Å². The zero-order chi connectivity index (χ0) is 34.1. The van der Waals surface area contributed by atoms with E-state index < -0.39 is 8.07 Å². The predicted molar refractivity (Wildman–Crippen MR) is 207 cm³/mol. The summed E-state index contributed by atoms with van der Waals surface area (Å²) in [5.41, 5.74) is 10.2. The quantitative estimate of drug-likeness (QED) is 0.151. The van der Waals surface area contributed by atoms with Gasteiger partial charge >= 0.3 is 21.7 Å². The maximum Gasteiger partial charge on any atom is 4.00 e. The van der Waals surface area contributed by atoms with Crippen LogP contribution in [0, 0.1) is 12.0 Å². The molecule has 0 saturated carbocycles. The Balaban J connectivity index is 0.00000600. The van der Waals surface area contributed by atoms with Crippen molar-refractivity contribution in [3.63, 3.8) is 0 Å². The van der Waals surface area contributed by atoms with Gasteiger partial charge in [0.15, 0.2) is 8.07 Å². The van der Waals surface area contributed by atoms with Gasteiger partial charge in [0.1, 0.15) is 0 Å². The summed E-state index contributed by atoms with van der Waals surface area (Å²) in [6, 6.07) is 23.2. The van der Waals surface area contributed by atoms with Crippen LogP contribution in [0.3, 0.4) is 0 Å². The van der Waals surface area contributed by atoms with E-state index in [-0.39, 0.29) is 58.9 Å². The molecule has 0 heterocycles. The van der Waals surface area contributed by atoms with Gasteiger partial charge in [-0.25, -0.2) is 11.6 Å². The van der Waals surface area contributed by atoms with Crippen molar-refractivity contribution in [1.29, 1.82) is 0 Å². The van der Waals surface area contributed by atoms with E-state index in [1.165, 1.54) is 59.7 Å². The number of hydrogen-bond donors (Lipinski definition) is 0. The molecule has 1 aliphatic carbocycles. The van der Waals surface area contributed by atoms with Crippen molar-refractivity contribution in [2.75, 3.05) is 0 Å². The summed E-state index contributed by atoms with van der Waals surface area (Å²) < 4.78 is 0. The molecule has 0 N–H and O–H groups in total. The second-order valence-corrected chi connectivity index (χ2v) is 20.0. The molecule has 3 aromatic rings. The SMILES string of the molecule is CCC(C)C1=CCC([Si](c2cc(C(C)C)cc(C(C)C)c2)(c2cc(C(C)C)cc(C(C)C)c2)c2cc(C(C)C)cc(C(C)C)c2)=[C-]1.[Cl-].[Cl-].[Cl-].[Ti+4]. The van der Waals surface area contributed by atoms with Crippen molar-refractivity contribution in [2.45, 2.75) is 145 Å². The first-order valence-corrected chi connectivity index (χ1v) is 20.4. The molecule has 50 heavy (non-hydrogen) atoms. The molecule has 0 aliphatic heterocycles. The average molecular weight is 786 g/mol. The van der Waals surface area contributed by atoms with E-state index >= 15 is 0 Å². The topological polar surface area (TPSA) is 0 Å². The predicted octanol–water partition coefficient (Wildman–Crippen LogP) is 2.55. The Morgan fingerprint density at radius 3 is 0.960 bits per heavy atom. The van der Waals surface area contributed by atoms with Crippen LogP contribution in [0.15, 0.2) is 71.4 Å². The third-order valence-electron chi connectivity index (χ3n) is 10.6. The molecule has 0 bridgehead atoms. The van der Waals surface area contributed by atoms with Crippen LogP contribution in [0.5, 0.6) is 0 Å². The molecular formula is C45H63Cl3SiTi. The molecule has 272 valence electrons. The Kier molecular flexibility index (Phi) is 20.0. The monoisotopic (exact) mass is 784 g/mol. The third-order valence-corrected chi connectivity index (χ3v) is 15.3. The second-order valence-electron chi connectivity index (χ2n) is 16.1. The van der Waals surface area contributed by atoms with E-state index in [9.17, 15) is 0 Å². The van der Waals surface area contributed by atoms with Gasteiger partial charge in [0.05, 0.1) is 0 Å². The molecule has 0 nitrogen and oxygen atoms in total. The summed E-state index contributed by atoms with van der Waals surface area (Å²) >= 11 is 0. The van der Waals surface area contributed by atoms with Gasteiger partial charge in [-0.3, -0.25) is 6.08 Å². The summed E-state index contributed by atoms with van der Waals surface area (Å²) in [7, 11) is -2.80. The van der Waals surface area contributed by atoms with Gasteiger partial charge in [-0.1, -0.05) is 170 Å². The van der Waals surface area contributed by atoms with E-state index in [4.69, 9.17) is 0 Å². The minimum atomic E-state index is -2.80. The Morgan fingerprint density at radius 1 is 0.480 bits per heavy atom. The Morgan fingerprint density at radius 2 is 0.740 bits per heavy atom. The summed E-state index contributed by atoms with van der Waals surface area (Å²) in [5.74, 6) is 3.27. The summed E-state index contributed by atoms with van der Waals surface area (Å²) in [6.07, 6.45) is 8.86.